The fraction of sp³-hybridized carbons (Fsp3) is 0.333. The molecular formula is C9H12BrN3O2. The van der Waals surface area contributed by atoms with E-state index >= 15 is 0 Å². The SMILES string of the molecule is CC(C)NC(=O)Nc1ccc(OBr)cn1. The van der Waals surface area contributed by atoms with E-state index in [9.17, 15) is 4.79 Å². The summed E-state index contributed by atoms with van der Waals surface area (Å²) >= 11 is 2.83. The van der Waals surface area contributed by atoms with Gasteiger partial charge in [0.15, 0.2) is 22.0 Å². The third-order valence-corrected chi connectivity index (χ3v) is 1.86. The molecule has 1 rings (SSSR count). The van der Waals surface area contributed by atoms with Crippen LogP contribution in [0.1, 0.15) is 13.8 Å². The lowest BCUT2D eigenvalue weighted by Gasteiger charge is -2.09. The maximum atomic E-state index is 11.3. The number of hydrogen-bond donors (Lipinski definition) is 2. The Morgan fingerprint density at radius 2 is 2.27 bits per heavy atom. The van der Waals surface area contributed by atoms with Crippen LogP contribution in [0.4, 0.5) is 10.6 Å². The topological polar surface area (TPSA) is 63.2 Å². The Morgan fingerprint density at radius 3 is 2.73 bits per heavy atom. The molecule has 15 heavy (non-hydrogen) atoms. The van der Waals surface area contributed by atoms with Gasteiger partial charge in [0.05, 0.1) is 6.20 Å². The molecule has 0 fully saturated rings. The lowest BCUT2D eigenvalue weighted by atomic mass is 10.4. The quantitative estimate of drug-likeness (QED) is 0.888. The molecule has 82 valence electrons. The molecule has 0 aliphatic rings. The van der Waals surface area contributed by atoms with E-state index in [2.05, 4.69) is 31.9 Å². The van der Waals surface area contributed by atoms with E-state index in [0.717, 1.165) is 0 Å². The van der Waals surface area contributed by atoms with Crippen LogP contribution in [-0.4, -0.2) is 17.1 Å². The highest BCUT2D eigenvalue weighted by Crippen LogP contribution is 2.13. The molecule has 0 unspecified atom stereocenters. The summed E-state index contributed by atoms with van der Waals surface area (Å²) in [5.41, 5.74) is 0. The normalized spacial score (nSPS) is 9.87. The highest BCUT2D eigenvalue weighted by atomic mass is 79.9. The van der Waals surface area contributed by atoms with E-state index in [1.807, 2.05) is 13.8 Å². The van der Waals surface area contributed by atoms with Crippen molar-refractivity contribution in [3.8, 4) is 5.75 Å². The summed E-state index contributed by atoms with van der Waals surface area (Å²) in [7, 11) is 0. The molecule has 2 N–H and O–H groups in total. The highest BCUT2D eigenvalue weighted by Gasteiger charge is 2.03. The molecule has 0 aliphatic carbocycles. The number of pyridine rings is 1. The van der Waals surface area contributed by atoms with Gasteiger partial charge in [-0.25, -0.2) is 9.78 Å². The number of urea groups is 1. The molecule has 6 heteroatoms. The summed E-state index contributed by atoms with van der Waals surface area (Å²) in [6, 6.07) is 3.16. The van der Waals surface area contributed by atoms with Crippen LogP contribution in [0.5, 0.6) is 5.75 Å². The average Bonchev–Trinajstić information content (AvgIpc) is 2.17. The number of carbonyl (C=O) groups is 1. The van der Waals surface area contributed by atoms with Crippen molar-refractivity contribution in [1.29, 1.82) is 0 Å². The number of carbonyl (C=O) groups excluding carboxylic acids is 1. The summed E-state index contributed by atoms with van der Waals surface area (Å²) in [6.45, 7) is 3.77. The number of anilines is 1. The van der Waals surface area contributed by atoms with Crippen molar-refractivity contribution >= 4 is 28.1 Å². The van der Waals surface area contributed by atoms with E-state index in [0.29, 0.717) is 11.6 Å². The smallest absolute Gasteiger partial charge is 0.320 e. The fourth-order valence-corrected chi connectivity index (χ4v) is 1.11. The Balaban J connectivity index is 2.53. The van der Waals surface area contributed by atoms with Crippen LogP contribution >= 0.6 is 16.3 Å². The van der Waals surface area contributed by atoms with E-state index in [4.69, 9.17) is 3.83 Å². The largest absolute Gasteiger partial charge is 0.416 e. The summed E-state index contributed by atoms with van der Waals surface area (Å²) < 4.78 is 4.76. The molecule has 1 heterocycles. The Labute approximate surface area is 96.7 Å². The van der Waals surface area contributed by atoms with Gasteiger partial charge in [-0.15, -0.1) is 0 Å². The summed E-state index contributed by atoms with van der Waals surface area (Å²) in [4.78, 5) is 15.2. The molecule has 0 saturated heterocycles. The van der Waals surface area contributed by atoms with E-state index < -0.39 is 0 Å². The first-order valence-electron chi connectivity index (χ1n) is 4.44. The fourth-order valence-electron chi connectivity index (χ4n) is 0.914. The number of aromatic nitrogens is 1. The second kappa shape index (κ2) is 5.55. The number of halogens is 1. The van der Waals surface area contributed by atoms with Crippen molar-refractivity contribution in [2.45, 2.75) is 19.9 Å². The number of amides is 2. The van der Waals surface area contributed by atoms with Crippen molar-refractivity contribution in [2.75, 3.05) is 5.32 Å². The van der Waals surface area contributed by atoms with Crippen LogP contribution in [0.15, 0.2) is 18.3 Å². The molecule has 0 saturated carbocycles. The van der Waals surface area contributed by atoms with Crippen LogP contribution in [-0.2, 0) is 0 Å². The zero-order valence-electron chi connectivity index (χ0n) is 8.45. The van der Waals surface area contributed by atoms with Gasteiger partial charge < -0.3 is 9.15 Å². The van der Waals surface area contributed by atoms with Crippen molar-refractivity contribution in [3.05, 3.63) is 18.3 Å². The first-order valence-corrected chi connectivity index (χ1v) is 5.08. The first-order chi connectivity index (χ1) is 7.11. The number of hydrogen-bond acceptors (Lipinski definition) is 3. The maximum absolute atomic E-state index is 11.3. The van der Waals surface area contributed by atoms with Crippen molar-refractivity contribution in [3.63, 3.8) is 0 Å². The zero-order valence-corrected chi connectivity index (χ0v) is 10.0. The van der Waals surface area contributed by atoms with Crippen LogP contribution in [0.25, 0.3) is 0 Å². The number of rotatable bonds is 3. The molecule has 2 amide bonds. The molecule has 5 nitrogen and oxygen atoms in total. The molecule has 1 aromatic heterocycles. The van der Waals surface area contributed by atoms with Gasteiger partial charge in [0.1, 0.15) is 5.82 Å². The zero-order chi connectivity index (χ0) is 11.3. The monoisotopic (exact) mass is 273 g/mol. The lowest BCUT2D eigenvalue weighted by Crippen LogP contribution is -2.34. The Morgan fingerprint density at radius 1 is 1.53 bits per heavy atom. The molecule has 1 aromatic rings. The van der Waals surface area contributed by atoms with Crippen LogP contribution in [0, 0.1) is 0 Å². The summed E-state index contributed by atoms with van der Waals surface area (Å²) in [5.74, 6) is 1.05. The van der Waals surface area contributed by atoms with Gasteiger partial charge in [0.25, 0.3) is 0 Å². The first kappa shape index (κ1) is 11.8. The van der Waals surface area contributed by atoms with Crippen LogP contribution < -0.4 is 14.5 Å². The standard InChI is InChI=1S/C9H12BrN3O2/c1-6(2)12-9(14)13-8-4-3-7(15-10)5-11-8/h3-6H,1-2H3,(H2,11,12,13,14). The molecule has 0 aromatic carbocycles. The Bertz CT molecular complexity index is 327. The second-order valence-electron chi connectivity index (χ2n) is 3.21. The molecular weight excluding hydrogens is 262 g/mol. The number of nitrogens with zero attached hydrogens (tertiary/aromatic N) is 1. The third kappa shape index (κ3) is 4.16. The minimum Gasteiger partial charge on any atom is -0.416 e. The van der Waals surface area contributed by atoms with E-state index in [1.165, 1.54) is 6.20 Å². The van der Waals surface area contributed by atoms with Gasteiger partial charge in [0.2, 0.25) is 0 Å². The molecule has 0 radical (unpaired) electrons. The van der Waals surface area contributed by atoms with E-state index in [-0.39, 0.29) is 12.1 Å². The van der Waals surface area contributed by atoms with Crippen molar-refractivity contribution in [1.82, 2.24) is 10.3 Å². The van der Waals surface area contributed by atoms with Crippen molar-refractivity contribution < 1.29 is 8.62 Å². The minimum absolute atomic E-state index is 0.0927. The molecule has 0 bridgehead atoms. The number of nitrogens with one attached hydrogen (secondary N) is 2. The summed E-state index contributed by atoms with van der Waals surface area (Å²) in [6.07, 6.45) is 1.50. The maximum Gasteiger partial charge on any atom is 0.320 e. The lowest BCUT2D eigenvalue weighted by molar-refractivity contribution is 0.250. The van der Waals surface area contributed by atoms with E-state index in [1.54, 1.807) is 12.1 Å². The molecule has 0 aliphatic heterocycles. The summed E-state index contributed by atoms with van der Waals surface area (Å²) in [5, 5.41) is 5.28. The Hall–Kier alpha value is -1.30. The van der Waals surface area contributed by atoms with Gasteiger partial charge in [-0.3, -0.25) is 5.32 Å². The van der Waals surface area contributed by atoms with Crippen LogP contribution in [0.3, 0.4) is 0 Å². The second-order valence-corrected chi connectivity index (χ2v) is 3.53. The van der Waals surface area contributed by atoms with Gasteiger partial charge in [-0.2, -0.15) is 0 Å². The molecule has 0 atom stereocenters. The molecule has 0 spiro atoms. The minimum atomic E-state index is -0.273. The van der Waals surface area contributed by atoms with Gasteiger partial charge >= 0.3 is 6.03 Å². The van der Waals surface area contributed by atoms with Gasteiger partial charge in [0, 0.05) is 6.04 Å². The average molecular weight is 274 g/mol. The highest BCUT2D eigenvalue weighted by molar-refractivity contribution is 9.06. The predicted molar refractivity (Wildman–Crippen MR) is 61.1 cm³/mol. The predicted octanol–water partition coefficient (Wildman–Crippen LogP) is 2.30. The van der Waals surface area contributed by atoms with Crippen LogP contribution in [0.2, 0.25) is 0 Å². The Kier molecular flexibility index (Phi) is 4.36. The van der Waals surface area contributed by atoms with Crippen molar-refractivity contribution in [2.24, 2.45) is 0 Å². The van der Waals surface area contributed by atoms with Gasteiger partial charge in [-0.1, -0.05) is 0 Å². The van der Waals surface area contributed by atoms with Gasteiger partial charge in [-0.05, 0) is 26.0 Å². The third-order valence-electron chi connectivity index (χ3n) is 1.49.